The maximum Gasteiger partial charge on any atom is 0.213 e. The van der Waals surface area contributed by atoms with Crippen LogP contribution in [0.3, 0.4) is 0 Å². The largest absolute Gasteiger partial charge is 0.385 e. The van der Waals surface area contributed by atoms with E-state index in [9.17, 15) is 9.59 Å². The SMILES string of the molecule is O=CC(=O)C1CNC(=Cc2ccccc2)CN1. The molecule has 1 aliphatic rings. The minimum absolute atomic E-state index is 0.366. The average Bonchev–Trinajstić information content (AvgIpc) is 2.40. The zero-order chi connectivity index (χ0) is 12.1. The first-order valence-electron chi connectivity index (χ1n) is 5.51. The van der Waals surface area contributed by atoms with Crippen molar-refractivity contribution in [2.75, 3.05) is 13.1 Å². The van der Waals surface area contributed by atoms with Crippen molar-refractivity contribution in [2.45, 2.75) is 6.04 Å². The monoisotopic (exact) mass is 230 g/mol. The number of rotatable bonds is 3. The van der Waals surface area contributed by atoms with Crippen LogP contribution in [-0.2, 0) is 9.59 Å². The fourth-order valence-corrected chi connectivity index (χ4v) is 1.74. The normalized spacial score (nSPS) is 21.9. The van der Waals surface area contributed by atoms with Gasteiger partial charge in [-0.15, -0.1) is 0 Å². The van der Waals surface area contributed by atoms with Gasteiger partial charge < -0.3 is 10.6 Å². The molecule has 0 bridgehead atoms. The molecule has 4 heteroatoms. The van der Waals surface area contributed by atoms with Gasteiger partial charge in [-0.25, -0.2) is 0 Å². The first-order valence-corrected chi connectivity index (χ1v) is 5.51. The number of nitrogens with one attached hydrogen (secondary N) is 2. The third-order valence-electron chi connectivity index (χ3n) is 2.67. The molecule has 0 radical (unpaired) electrons. The Morgan fingerprint density at radius 2 is 2.06 bits per heavy atom. The van der Waals surface area contributed by atoms with Crippen LogP contribution in [0.2, 0.25) is 0 Å². The van der Waals surface area contributed by atoms with E-state index in [1.54, 1.807) is 0 Å². The average molecular weight is 230 g/mol. The summed E-state index contributed by atoms with van der Waals surface area (Å²) in [6.45, 7) is 1.02. The molecule has 0 amide bonds. The van der Waals surface area contributed by atoms with Crippen LogP contribution >= 0.6 is 0 Å². The van der Waals surface area contributed by atoms with Crippen molar-refractivity contribution in [2.24, 2.45) is 0 Å². The van der Waals surface area contributed by atoms with E-state index < -0.39 is 11.8 Å². The van der Waals surface area contributed by atoms with Crippen molar-refractivity contribution < 1.29 is 9.59 Å². The first-order chi connectivity index (χ1) is 8.29. The van der Waals surface area contributed by atoms with Crippen LogP contribution in [0.1, 0.15) is 5.56 Å². The Bertz CT molecular complexity index is 430. The number of ketones is 1. The van der Waals surface area contributed by atoms with Crippen molar-refractivity contribution in [3.63, 3.8) is 0 Å². The summed E-state index contributed by atoms with van der Waals surface area (Å²) in [5.74, 6) is -0.406. The number of carbonyl (C=O) groups is 2. The van der Waals surface area contributed by atoms with Crippen molar-refractivity contribution in [3.05, 3.63) is 41.6 Å². The number of benzene rings is 1. The highest BCUT2D eigenvalue weighted by atomic mass is 16.2. The molecule has 1 unspecified atom stereocenters. The molecule has 0 aliphatic carbocycles. The van der Waals surface area contributed by atoms with E-state index in [4.69, 9.17) is 0 Å². The predicted octanol–water partition coefficient (Wildman–Crippen LogP) is 0.357. The Kier molecular flexibility index (Phi) is 3.67. The summed E-state index contributed by atoms with van der Waals surface area (Å²) in [6, 6.07) is 9.53. The molecule has 0 spiro atoms. The molecule has 2 rings (SSSR count). The quantitative estimate of drug-likeness (QED) is 0.581. The highest BCUT2D eigenvalue weighted by molar-refractivity contribution is 6.27. The molecule has 1 aliphatic heterocycles. The Labute approximate surface area is 99.7 Å². The van der Waals surface area contributed by atoms with Gasteiger partial charge in [0.2, 0.25) is 5.78 Å². The zero-order valence-corrected chi connectivity index (χ0v) is 9.35. The van der Waals surface area contributed by atoms with Gasteiger partial charge in [0.1, 0.15) is 0 Å². The molecule has 17 heavy (non-hydrogen) atoms. The third kappa shape index (κ3) is 3.01. The van der Waals surface area contributed by atoms with Crippen molar-refractivity contribution >= 4 is 18.1 Å². The summed E-state index contributed by atoms with van der Waals surface area (Å²) in [4.78, 5) is 21.5. The Hall–Kier alpha value is -1.94. The van der Waals surface area contributed by atoms with Gasteiger partial charge in [0, 0.05) is 18.8 Å². The van der Waals surface area contributed by atoms with Gasteiger partial charge in [0.25, 0.3) is 0 Å². The van der Waals surface area contributed by atoms with Gasteiger partial charge in [0.15, 0.2) is 6.29 Å². The Morgan fingerprint density at radius 1 is 1.29 bits per heavy atom. The molecule has 1 heterocycles. The van der Waals surface area contributed by atoms with Crippen molar-refractivity contribution in [3.8, 4) is 0 Å². The molecule has 1 aromatic carbocycles. The summed E-state index contributed by atoms with van der Waals surface area (Å²) in [5, 5.41) is 6.18. The highest BCUT2D eigenvalue weighted by Gasteiger charge is 2.21. The summed E-state index contributed by atoms with van der Waals surface area (Å²) in [5.41, 5.74) is 2.13. The summed E-state index contributed by atoms with van der Waals surface area (Å²) >= 11 is 0. The van der Waals surface area contributed by atoms with E-state index in [-0.39, 0.29) is 0 Å². The smallest absolute Gasteiger partial charge is 0.213 e. The van der Waals surface area contributed by atoms with E-state index in [2.05, 4.69) is 10.6 Å². The minimum atomic E-state index is -0.406. The topological polar surface area (TPSA) is 58.2 Å². The van der Waals surface area contributed by atoms with Crippen LogP contribution in [0.4, 0.5) is 0 Å². The molecule has 1 saturated heterocycles. The van der Waals surface area contributed by atoms with Crippen molar-refractivity contribution in [1.82, 2.24) is 10.6 Å². The Morgan fingerprint density at radius 3 is 2.65 bits per heavy atom. The predicted molar refractivity (Wildman–Crippen MR) is 65.3 cm³/mol. The van der Waals surface area contributed by atoms with E-state index >= 15 is 0 Å². The second kappa shape index (κ2) is 5.41. The molecule has 0 saturated carbocycles. The van der Waals surface area contributed by atoms with E-state index in [0.717, 1.165) is 11.3 Å². The van der Waals surface area contributed by atoms with Gasteiger partial charge in [-0.05, 0) is 11.6 Å². The number of hydrogen-bond donors (Lipinski definition) is 2. The van der Waals surface area contributed by atoms with Gasteiger partial charge >= 0.3 is 0 Å². The lowest BCUT2D eigenvalue weighted by atomic mass is 10.1. The van der Waals surface area contributed by atoms with Crippen LogP contribution in [0, 0.1) is 0 Å². The number of aldehydes is 1. The lowest BCUT2D eigenvalue weighted by Crippen LogP contribution is -2.51. The summed E-state index contributed by atoms with van der Waals surface area (Å²) in [6.07, 6.45) is 2.39. The lowest BCUT2D eigenvalue weighted by molar-refractivity contribution is -0.131. The summed E-state index contributed by atoms with van der Waals surface area (Å²) in [7, 11) is 0. The standard InChI is InChI=1S/C13H14N2O2/c16-9-13(17)12-8-14-11(7-15-12)6-10-4-2-1-3-5-10/h1-6,9,12,14-15H,7-8H2. The van der Waals surface area contributed by atoms with Crippen LogP contribution in [0.25, 0.3) is 6.08 Å². The van der Waals surface area contributed by atoms with Crippen molar-refractivity contribution in [1.29, 1.82) is 0 Å². The van der Waals surface area contributed by atoms with Gasteiger partial charge in [-0.1, -0.05) is 30.3 Å². The number of hydrogen-bond acceptors (Lipinski definition) is 4. The molecule has 4 nitrogen and oxygen atoms in total. The number of piperazine rings is 1. The van der Waals surface area contributed by atoms with Gasteiger partial charge in [-0.2, -0.15) is 0 Å². The van der Waals surface area contributed by atoms with Crippen LogP contribution < -0.4 is 10.6 Å². The second-order valence-electron chi connectivity index (χ2n) is 3.91. The minimum Gasteiger partial charge on any atom is -0.385 e. The zero-order valence-electron chi connectivity index (χ0n) is 9.35. The number of Topliss-reactive ketones (excluding diaryl/α,β-unsaturated/α-hetero) is 1. The van der Waals surface area contributed by atoms with Gasteiger partial charge in [0.05, 0.1) is 6.04 Å². The fourth-order valence-electron chi connectivity index (χ4n) is 1.74. The Balaban J connectivity index is 1.97. The lowest BCUT2D eigenvalue weighted by Gasteiger charge is -2.24. The van der Waals surface area contributed by atoms with E-state index in [1.165, 1.54) is 0 Å². The molecular formula is C13H14N2O2. The maximum atomic E-state index is 11.1. The molecule has 1 fully saturated rings. The molecular weight excluding hydrogens is 216 g/mol. The first kappa shape index (κ1) is 11.5. The van der Waals surface area contributed by atoms with Crippen LogP contribution in [0.15, 0.2) is 36.0 Å². The molecule has 88 valence electrons. The van der Waals surface area contributed by atoms with E-state index in [0.29, 0.717) is 19.4 Å². The van der Waals surface area contributed by atoms with E-state index in [1.807, 2.05) is 36.4 Å². The number of carbonyl (C=O) groups excluding carboxylic acids is 2. The molecule has 1 aromatic rings. The second-order valence-corrected chi connectivity index (χ2v) is 3.91. The third-order valence-corrected chi connectivity index (χ3v) is 2.67. The van der Waals surface area contributed by atoms with Crippen LogP contribution in [-0.4, -0.2) is 31.2 Å². The molecule has 1 atom stereocenters. The maximum absolute atomic E-state index is 11.1. The van der Waals surface area contributed by atoms with Gasteiger partial charge in [-0.3, -0.25) is 9.59 Å². The van der Waals surface area contributed by atoms with Crippen LogP contribution in [0.5, 0.6) is 0 Å². The molecule has 0 aromatic heterocycles. The highest BCUT2D eigenvalue weighted by Crippen LogP contribution is 2.06. The summed E-state index contributed by atoms with van der Waals surface area (Å²) < 4.78 is 0. The fraction of sp³-hybridized carbons (Fsp3) is 0.231. The molecule has 2 N–H and O–H groups in total.